The van der Waals surface area contributed by atoms with E-state index in [1.165, 1.54) is 0 Å². The topological polar surface area (TPSA) is 34.9 Å². The molecule has 106 valence electrons. The van der Waals surface area contributed by atoms with Gasteiger partial charge >= 0.3 is 0 Å². The highest BCUT2D eigenvalue weighted by Gasteiger charge is 2.16. The van der Waals surface area contributed by atoms with E-state index >= 15 is 0 Å². The Kier molecular flexibility index (Phi) is 3.83. The van der Waals surface area contributed by atoms with Crippen LogP contribution in [0.15, 0.2) is 46.9 Å². The molecule has 0 fully saturated rings. The van der Waals surface area contributed by atoms with E-state index in [4.69, 9.17) is 11.6 Å². The van der Waals surface area contributed by atoms with Crippen LogP contribution in [0.5, 0.6) is 0 Å². The Balaban J connectivity index is 1.97. The fourth-order valence-electron chi connectivity index (χ4n) is 2.38. The van der Waals surface area contributed by atoms with Crippen LogP contribution >= 0.6 is 27.5 Å². The quantitative estimate of drug-likeness (QED) is 0.646. The maximum absolute atomic E-state index is 12.5. The molecule has 0 N–H and O–H groups in total. The Morgan fingerprint density at radius 1 is 1.29 bits per heavy atom. The summed E-state index contributed by atoms with van der Waals surface area (Å²) in [5.41, 5.74) is 2.31. The summed E-state index contributed by atoms with van der Waals surface area (Å²) in [5, 5.41) is 5.90. The number of rotatable bonds is 3. The predicted octanol–water partition coefficient (Wildman–Crippen LogP) is 4.41. The van der Waals surface area contributed by atoms with Gasteiger partial charge in [0.05, 0.1) is 22.7 Å². The van der Waals surface area contributed by atoms with Gasteiger partial charge in [0.15, 0.2) is 5.78 Å². The standard InChI is InChI=1S/C16H12BrClN2O/c1-20-15-5-3-2-4-12(15)14(19-20)9-16(21)11-7-6-10(17)8-13(11)18/h2-8H,9H2,1H3. The van der Waals surface area contributed by atoms with Crippen molar-refractivity contribution in [1.82, 2.24) is 9.78 Å². The highest BCUT2D eigenvalue weighted by Crippen LogP contribution is 2.24. The lowest BCUT2D eigenvalue weighted by Gasteiger charge is -2.03. The zero-order chi connectivity index (χ0) is 15.0. The minimum atomic E-state index is -0.0312. The molecule has 0 radical (unpaired) electrons. The lowest BCUT2D eigenvalue weighted by Crippen LogP contribution is -2.05. The minimum Gasteiger partial charge on any atom is -0.294 e. The molecule has 0 aliphatic carbocycles. The van der Waals surface area contributed by atoms with Gasteiger partial charge in [-0.25, -0.2) is 0 Å². The van der Waals surface area contributed by atoms with Crippen molar-refractivity contribution >= 4 is 44.2 Å². The first kappa shape index (κ1) is 14.3. The maximum atomic E-state index is 12.5. The molecule has 0 aliphatic heterocycles. The lowest BCUT2D eigenvalue weighted by molar-refractivity contribution is 0.0992. The van der Waals surface area contributed by atoms with E-state index in [0.717, 1.165) is 21.1 Å². The molecule has 0 saturated heterocycles. The number of aryl methyl sites for hydroxylation is 1. The van der Waals surface area contributed by atoms with Crippen molar-refractivity contribution in [3.8, 4) is 0 Å². The van der Waals surface area contributed by atoms with Crippen LogP contribution in [0.2, 0.25) is 5.02 Å². The van der Waals surface area contributed by atoms with Gasteiger partial charge in [-0.3, -0.25) is 9.48 Å². The first-order valence-electron chi connectivity index (χ1n) is 6.45. The smallest absolute Gasteiger partial charge is 0.170 e. The van der Waals surface area contributed by atoms with Gasteiger partial charge in [-0.15, -0.1) is 0 Å². The van der Waals surface area contributed by atoms with Gasteiger partial charge in [-0.2, -0.15) is 5.10 Å². The number of benzene rings is 2. The molecule has 3 rings (SSSR count). The van der Waals surface area contributed by atoms with Crippen LogP contribution in [-0.4, -0.2) is 15.6 Å². The molecule has 0 aliphatic rings. The fraction of sp³-hybridized carbons (Fsp3) is 0.125. The van der Waals surface area contributed by atoms with E-state index in [1.54, 1.807) is 16.8 Å². The number of ketones is 1. The summed E-state index contributed by atoms with van der Waals surface area (Å²) in [5.74, 6) is -0.0312. The van der Waals surface area contributed by atoms with Crippen LogP contribution < -0.4 is 0 Å². The van der Waals surface area contributed by atoms with Crippen LogP contribution in [0.1, 0.15) is 16.1 Å². The molecule has 0 bridgehead atoms. The van der Waals surface area contributed by atoms with Crippen molar-refractivity contribution in [2.75, 3.05) is 0 Å². The first-order valence-corrected chi connectivity index (χ1v) is 7.62. The van der Waals surface area contributed by atoms with Crippen molar-refractivity contribution in [3.05, 3.63) is 63.2 Å². The summed E-state index contributed by atoms with van der Waals surface area (Å²) in [6.45, 7) is 0. The van der Waals surface area contributed by atoms with Gasteiger partial charge < -0.3 is 0 Å². The molecule has 1 heterocycles. The Morgan fingerprint density at radius 3 is 2.81 bits per heavy atom. The summed E-state index contributed by atoms with van der Waals surface area (Å²) in [6.07, 6.45) is 0.239. The largest absolute Gasteiger partial charge is 0.294 e. The van der Waals surface area contributed by atoms with Crippen molar-refractivity contribution in [2.45, 2.75) is 6.42 Å². The number of carbonyl (C=O) groups excluding carboxylic acids is 1. The maximum Gasteiger partial charge on any atom is 0.170 e. The normalized spacial score (nSPS) is 11.0. The lowest BCUT2D eigenvalue weighted by atomic mass is 10.0. The van der Waals surface area contributed by atoms with E-state index in [1.807, 2.05) is 37.4 Å². The fourth-order valence-corrected chi connectivity index (χ4v) is 3.16. The third-order valence-electron chi connectivity index (χ3n) is 3.39. The van der Waals surface area contributed by atoms with Gasteiger partial charge in [0, 0.05) is 22.5 Å². The molecule has 5 heteroatoms. The molecular formula is C16H12BrClN2O. The number of aromatic nitrogens is 2. The summed E-state index contributed by atoms with van der Waals surface area (Å²) >= 11 is 9.47. The van der Waals surface area contributed by atoms with Crippen LogP contribution in [0.25, 0.3) is 10.9 Å². The number of carbonyl (C=O) groups is 1. The van der Waals surface area contributed by atoms with E-state index in [2.05, 4.69) is 21.0 Å². The van der Waals surface area contributed by atoms with E-state index in [0.29, 0.717) is 10.6 Å². The first-order chi connectivity index (χ1) is 10.1. The highest BCUT2D eigenvalue weighted by atomic mass is 79.9. The Bertz CT molecular complexity index is 841. The number of hydrogen-bond donors (Lipinski definition) is 0. The minimum absolute atomic E-state index is 0.0312. The summed E-state index contributed by atoms with van der Waals surface area (Å²) < 4.78 is 2.65. The zero-order valence-electron chi connectivity index (χ0n) is 11.3. The number of para-hydroxylation sites is 1. The molecule has 3 nitrogen and oxygen atoms in total. The molecule has 1 aromatic heterocycles. The second-order valence-electron chi connectivity index (χ2n) is 4.81. The molecule has 0 saturated carbocycles. The second kappa shape index (κ2) is 5.62. The van der Waals surface area contributed by atoms with Crippen LogP contribution in [0.4, 0.5) is 0 Å². The summed E-state index contributed by atoms with van der Waals surface area (Å²) in [6, 6.07) is 13.2. The SMILES string of the molecule is Cn1nc(CC(=O)c2ccc(Br)cc2Cl)c2ccccc21. The second-order valence-corrected chi connectivity index (χ2v) is 6.13. The van der Waals surface area contributed by atoms with Gasteiger partial charge in [0.1, 0.15) is 0 Å². The van der Waals surface area contributed by atoms with Crippen LogP contribution in [0.3, 0.4) is 0 Å². The molecule has 3 aromatic rings. The molecule has 0 unspecified atom stereocenters. The van der Waals surface area contributed by atoms with Crippen molar-refractivity contribution in [2.24, 2.45) is 7.05 Å². The Morgan fingerprint density at radius 2 is 2.05 bits per heavy atom. The van der Waals surface area contributed by atoms with Gasteiger partial charge in [0.25, 0.3) is 0 Å². The highest BCUT2D eigenvalue weighted by molar-refractivity contribution is 9.10. The van der Waals surface area contributed by atoms with Crippen molar-refractivity contribution < 1.29 is 4.79 Å². The molecule has 0 atom stereocenters. The van der Waals surface area contributed by atoms with Gasteiger partial charge in [0.2, 0.25) is 0 Å². The van der Waals surface area contributed by atoms with E-state index in [9.17, 15) is 4.79 Å². The third-order valence-corrected chi connectivity index (χ3v) is 4.20. The Labute approximate surface area is 135 Å². The number of fused-ring (bicyclic) bond motifs is 1. The third kappa shape index (κ3) is 2.74. The molecule has 0 amide bonds. The van der Waals surface area contributed by atoms with Crippen molar-refractivity contribution in [3.63, 3.8) is 0 Å². The summed E-state index contributed by atoms with van der Waals surface area (Å²) in [7, 11) is 1.88. The molecule has 21 heavy (non-hydrogen) atoms. The van der Waals surface area contributed by atoms with Crippen molar-refractivity contribution in [1.29, 1.82) is 0 Å². The van der Waals surface area contributed by atoms with Gasteiger partial charge in [-0.05, 0) is 24.3 Å². The summed E-state index contributed by atoms with van der Waals surface area (Å²) in [4.78, 5) is 12.5. The van der Waals surface area contributed by atoms with E-state index < -0.39 is 0 Å². The number of nitrogens with zero attached hydrogens (tertiary/aromatic N) is 2. The number of hydrogen-bond acceptors (Lipinski definition) is 2. The Hall–Kier alpha value is -1.65. The van der Waals surface area contributed by atoms with Gasteiger partial charge in [-0.1, -0.05) is 45.7 Å². The average molecular weight is 364 g/mol. The zero-order valence-corrected chi connectivity index (χ0v) is 13.6. The molecule has 0 spiro atoms. The molecule has 2 aromatic carbocycles. The number of Topliss-reactive ketones (excluding diaryl/α,β-unsaturated/α-hetero) is 1. The van der Waals surface area contributed by atoms with Crippen LogP contribution in [-0.2, 0) is 13.5 Å². The average Bonchev–Trinajstić information content (AvgIpc) is 2.76. The van der Waals surface area contributed by atoms with E-state index in [-0.39, 0.29) is 12.2 Å². The molecular weight excluding hydrogens is 352 g/mol. The monoisotopic (exact) mass is 362 g/mol. The number of halogens is 2. The van der Waals surface area contributed by atoms with Crippen LogP contribution in [0, 0.1) is 0 Å². The predicted molar refractivity (Wildman–Crippen MR) is 87.9 cm³/mol.